The Kier molecular flexibility index (Phi) is 1.84. The first-order valence-electron chi connectivity index (χ1n) is 2.88. The Morgan fingerprint density at radius 3 is 2.75 bits per heavy atom. The van der Waals surface area contributed by atoms with Crippen LogP contribution in [-0.2, 0) is 10.8 Å². The largest absolute Gasteiger partial charge is 0.255 e. The predicted octanol–water partition coefficient (Wildman–Crippen LogP) is 1.43. The van der Waals surface area contributed by atoms with E-state index in [1.165, 1.54) is 0 Å². The van der Waals surface area contributed by atoms with Gasteiger partial charge in [0.1, 0.15) is 0 Å². The van der Waals surface area contributed by atoms with Crippen molar-refractivity contribution in [2.45, 2.75) is 19.8 Å². The molecule has 0 bridgehead atoms. The van der Waals surface area contributed by atoms with Gasteiger partial charge in [-0.2, -0.15) is 0 Å². The highest BCUT2D eigenvalue weighted by molar-refractivity contribution is 7.89. The van der Waals surface area contributed by atoms with Gasteiger partial charge in [-0.3, -0.25) is 4.21 Å². The number of rotatable bonds is 0. The molecule has 46 valence electrons. The fourth-order valence-corrected chi connectivity index (χ4v) is 2.20. The average molecular weight is 130 g/mol. The molecule has 0 amide bonds. The lowest BCUT2D eigenvalue weighted by Crippen LogP contribution is -1.85. The third-order valence-corrected chi connectivity index (χ3v) is 3.05. The maximum atomic E-state index is 10.8. The molecule has 0 aliphatic carbocycles. The fraction of sp³-hybridized carbons (Fsp3) is 0.667. The van der Waals surface area contributed by atoms with Crippen LogP contribution in [-0.4, -0.2) is 9.96 Å². The van der Waals surface area contributed by atoms with Crippen molar-refractivity contribution in [3.8, 4) is 0 Å². The lowest BCUT2D eigenvalue weighted by molar-refractivity contribution is 0.689. The zero-order valence-corrected chi connectivity index (χ0v) is 5.83. The third-order valence-electron chi connectivity index (χ3n) is 1.37. The molecule has 0 aromatic carbocycles. The monoisotopic (exact) mass is 130 g/mol. The van der Waals surface area contributed by atoms with Crippen LogP contribution in [0.3, 0.4) is 0 Å². The van der Waals surface area contributed by atoms with Gasteiger partial charge in [0, 0.05) is 21.5 Å². The van der Waals surface area contributed by atoms with Gasteiger partial charge in [-0.15, -0.1) is 0 Å². The summed E-state index contributed by atoms with van der Waals surface area (Å²) in [7, 11) is -0.600. The van der Waals surface area contributed by atoms with Gasteiger partial charge in [0.05, 0.1) is 0 Å². The molecule has 1 aliphatic heterocycles. The summed E-state index contributed by atoms with van der Waals surface area (Å²) in [6, 6.07) is 0. The molecule has 0 aromatic heterocycles. The van der Waals surface area contributed by atoms with E-state index < -0.39 is 10.8 Å². The normalized spacial score (nSPS) is 34.1. The fourth-order valence-electron chi connectivity index (χ4n) is 0.898. The maximum Gasteiger partial charge on any atom is 0.0485 e. The van der Waals surface area contributed by atoms with E-state index in [0.717, 1.165) is 23.5 Å². The van der Waals surface area contributed by atoms with Crippen molar-refractivity contribution in [3.05, 3.63) is 11.0 Å². The molecule has 8 heavy (non-hydrogen) atoms. The molecule has 0 spiro atoms. The van der Waals surface area contributed by atoms with Crippen molar-refractivity contribution in [2.75, 3.05) is 5.75 Å². The Balaban J connectivity index is 2.69. The van der Waals surface area contributed by atoms with Crippen LogP contribution in [0.2, 0.25) is 0 Å². The Morgan fingerprint density at radius 1 is 1.75 bits per heavy atom. The van der Waals surface area contributed by atoms with Crippen LogP contribution in [0, 0.1) is 0 Å². The van der Waals surface area contributed by atoms with Crippen LogP contribution >= 0.6 is 0 Å². The summed E-state index contributed by atoms with van der Waals surface area (Å²) >= 11 is 0. The SMILES string of the molecule is C/C=C1\CCCS1=O. The van der Waals surface area contributed by atoms with Gasteiger partial charge in [0.2, 0.25) is 0 Å². The molecule has 1 saturated heterocycles. The van der Waals surface area contributed by atoms with Crippen LogP contribution in [0.5, 0.6) is 0 Å². The topological polar surface area (TPSA) is 17.1 Å². The predicted molar refractivity (Wildman–Crippen MR) is 36.0 cm³/mol. The second kappa shape index (κ2) is 2.44. The lowest BCUT2D eigenvalue weighted by Gasteiger charge is -1.87. The standard InChI is InChI=1S/C6H10OS/c1-2-6-4-3-5-8(6)7/h2H,3-5H2,1H3/b6-2+. The lowest BCUT2D eigenvalue weighted by atomic mass is 10.3. The maximum absolute atomic E-state index is 10.8. The molecule has 1 fully saturated rings. The Labute approximate surface area is 52.2 Å². The van der Waals surface area contributed by atoms with E-state index in [1.54, 1.807) is 0 Å². The first-order valence-corrected chi connectivity index (χ1v) is 4.20. The summed E-state index contributed by atoms with van der Waals surface area (Å²) in [6.07, 6.45) is 4.15. The Hall–Kier alpha value is -0.110. The first-order chi connectivity index (χ1) is 3.84. The summed E-state index contributed by atoms with van der Waals surface area (Å²) < 4.78 is 10.8. The van der Waals surface area contributed by atoms with Crippen LogP contribution < -0.4 is 0 Å². The third kappa shape index (κ3) is 0.996. The number of hydrogen-bond donors (Lipinski definition) is 0. The Bertz CT molecular complexity index is 137. The molecular weight excluding hydrogens is 120 g/mol. The molecule has 1 aliphatic rings. The van der Waals surface area contributed by atoms with Crippen molar-refractivity contribution >= 4 is 10.8 Å². The molecule has 1 rings (SSSR count). The van der Waals surface area contributed by atoms with Crippen molar-refractivity contribution in [3.63, 3.8) is 0 Å². The van der Waals surface area contributed by atoms with E-state index in [4.69, 9.17) is 0 Å². The highest BCUT2D eigenvalue weighted by Crippen LogP contribution is 2.18. The van der Waals surface area contributed by atoms with Gasteiger partial charge >= 0.3 is 0 Å². The quantitative estimate of drug-likeness (QED) is 0.485. The summed E-state index contributed by atoms with van der Waals surface area (Å²) in [6.45, 7) is 1.96. The number of hydrogen-bond acceptors (Lipinski definition) is 1. The highest BCUT2D eigenvalue weighted by atomic mass is 32.2. The van der Waals surface area contributed by atoms with Crippen LogP contribution in [0.25, 0.3) is 0 Å². The smallest absolute Gasteiger partial charge is 0.0485 e. The summed E-state index contributed by atoms with van der Waals surface area (Å²) in [5.41, 5.74) is 0. The van der Waals surface area contributed by atoms with Crippen LogP contribution in [0.4, 0.5) is 0 Å². The van der Waals surface area contributed by atoms with E-state index in [0.29, 0.717) is 0 Å². The molecule has 0 radical (unpaired) electrons. The molecular formula is C6H10OS. The van der Waals surface area contributed by atoms with Crippen molar-refractivity contribution in [1.82, 2.24) is 0 Å². The zero-order chi connectivity index (χ0) is 5.98. The van der Waals surface area contributed by atoms with Gasteiger partial charge in [0.25, 0.3) is 0 Å². The summed E-state index contributed by atoms with van der Waals surface area (Å²) in [4.78, 5) is 1.14. The minimum atomic E-state index is -0.600. The van der Waals surface area contributed by atoms with E-state index in [2.05, 4.69) is 0 Å². The average Bonchev–Trinajstić information content (AvgIpc) is 2.14. The minimum absolute atomic E-state index is 0.600. The van der Waals surface area contributed by atoms with Crippen LogP contribution in [0.15, 0.2) is 11.0 Å². The molecule has 0 N–H and O–H groups in total. The Morgan fingerprint density at radius 2 is 2.50 bits per heavy atom. The van der Waals surface area contributed by atoms with E-state index in [1.807, 2.05) is 13.0 Å². The molecule has 1 unspecified atom stereocenters. The second-order valence-corrected chi connectivity index (χ2v) is 3.53. The van der Waals surface area contributed by atoms with Gasteiger partial charge in [0.15, 0.2) is 0 Å². The minimum Gasteiger partial charge on any atom is -0.255 e. The number of allylic oxidation sites excluding steroid dienone is 2. The van der Waals surface area contributed by atoms with Crippen molar-refractivity contribution in [1.29, 1.82) is 0 Å². The highest BCUT2D eigenvalue weighted by Gasteiger charge is 2.12. The van der Waals surface area contributed by atoms with E-state index in [9.17, 15) is 4.21 Å². The molecule has 1 heterocycles. The molecule has 1 nitrogen and oxygen atoms in total. The molecule has 2 heteroatoms. The molecule has 0 aromatic rings. The van der Waals surface area contributed by atoms with Crippen molar-refractivity contribution < 1.29 is 4.21 Å². The van der Waals surface area contributed by atoms with Crippen molar-refractivity contribution in [2.24, 2.45) is 0 Å². The summed E-state index contributed by atoms with van der Waals surface area (Å²) in [5.74, 6) is 0.889. The van der Waals surface area contributed by atoms with Crippen LogP contribution in [0.1, 0.15) is 19.8 Å². The molecule has 0 saturated carbocycles. The summed E-state index contributed by atoms with van der Waals surface area (Å²) in [5, 5.41) is 0. The van der Waals surface area contributed by atoms with Gasteiger partial charge < -0.3 is 0 Å². The van der Waals surface area contributed by atoms with Gasteiger partial charge in [-0.1, -0.05) is 6.08 Å². The zero-order valence-electron chi connectivity index (χ0n) is 5.02. The second-order valence-electron chi connectivity index (χ2n) is 1.91. The van der Waals surface area contributed by atoms with E-state index >= 15 is 0 Å². The van der Waals surface area contributed by atoms with E-state index in [-0.39, 0.29) is 0 Å². The first kappa shape index (κ1) is 6.02. The van der Waals surface area contributed by atoms with Gasteiger partial charge in [-0.25, -0.2) is 0 Å². The van der Waals surface area contributed by atoms with Gasteiger partial charge in [-0.05, 0) is 19.8 Å². The molecule has 1 atom stereocenters.